The number of imidazole rings is 1. The molecule has 154 valence electrons. The number of carbonyl (C=O) groups excluding carboxylic acids is 1. The average molecular weight is 405 g/mol. The minimum Gasteiger partial charge on any atom is -0.496 e. The predicted octanol–water partition coefficient (Wildman–Crippen LogP) is 2.52. The summed E-state index contributed by atoms with van der Waals surface area (Å²) in [5.74, 6) is -0.654. The lowest BCUT2D eigenvalue weighted by Gasteiger charge is -2.33. The summed E-state index contributed by atoms with van der Waals surface area (Å²) >= 11 is 0. The third-order valence-corrected chi connectivity index (χ3v) is 5.45. The Labute approximate surface area is 174 Å². The number of ether oxygens (including phenoxy) is 1. The summed E-state index contributed by atoms with van der Waals surface area (Å²) in [6.07, 6.45) is 2.04. The lowest BCUT2D eigenvalue weighted by molar-refractivity contribution is -0.151. The van der Waals surface area contributed by atoms with Crippen LogP contribution in [0.1, 0.15) is 22.5 Å². The van der Waals surface area contributed by atoms with Crippen LogP contribution in [-0.2, 0) is 35.5 Å². The molecule has 0 spiro atoms. The molecule has 0 radical (unpaired) electrons. The Morgan fingerprint density at radius 2 is 1.87 bits per heavy atom. The first-order valence-corrected chi connectivity index (χ1v) is 9.77. The summed E-state index contributed by atoms with van der Waals surface area (Å²) in [6, 6.07) is 16.3. The maximum Gasteiger partial charge on any atom is 0.326 e. The van der Waals surface area contributed by atoms with Crippen LogP contribution in [0, 0.1) is 0 Å². The van der Waals surface area contributed by atoms with Gasteiger partial charge in [0.25, 0.3) is 0 Å². The van der Waals surface area contributed by atoms with Crippen molar-refractivity contribution in [1.82, 2.24) is 14.5 Å². The van der Waals surface area contributed by atoms with Crippen molar-refractivity contribution in [1.29, 1.82) is 0 Å². The second-order valence-corrected chi connectivity index (χ2v) is 7.32. The lowest BCUT2D eigenvalue weighted by atomic mass is 10.0. The molecule has 0 saturated heterocycles. The highest BCUT2D eigenvalue weighted by Crippen LogP contribution is 2.26. The highest BCUT2D eigenvalue weighted by Gasteiger charge is 2.37. The molecule has 1 amide bonds. The quantitative estimate of drug-likeness (QED) is 0.681. The van der Waals surface area contributed by atoms with Crippen LogP contribution in [0.4, 0.5) is 0 Å². The van der Waals surface area contributed by atoms with Gasteiger partial charge in [-0.2, -0.15) is 0 Å². The van der Waals surface area contributed by atoms with E-state index in [0.29, 0.717) is 12.3 Å². The second-order valence-electron chi connectivity index (χ2n) is 7.32. The van der Waals surface area contributed by atoms with Crippen molar-refractivity contribution in [3.05, 3.63) is 83.4 Å². The SMILES string of the molecule is COc1ccccc1CC(=O)N1Cc2ncn(Cc3ccccc3)c2C[C@H]1C(=O)O. The Morgan fingerprint density at radius 3 is 2.60 bits per heavy atom. The number of amides is 1. The van der Waals surface area contributed by atoms with Gasteiger partial charge in [-0.25, -0.2) is 9.78 Å². The van der Waals surface area contributed by atoms with Crippen molar-refractivity contribution in [2.45, 2.75) is 32.0 Å². The zero-order valence-electron chi connectivity index (χ0n) is 16.7. The molecule has 1 aliphatic heterocycles. The van der Waals surface area contributed by atoms with E-state index in [9.17, 15) is 14.7 Å². The Balaban J connectivity index is 1.57. The molecule has 1 aliphatic rings. The van der Waals surface area contributed by atoms with Crippen LogP contribution in [-0.4, -0.2) is 44.6 Å². The van der Waals surface area contributed by atoms with Crippen molar-refractivity contribution in [3.8, 4) is 5.75 Å². The number of aromatic nitrogens is 2. The molecule has 7 nitrogen and oxygen atoms in total. The molecule has 4 rings (SSSR count). The number of carbonyl (C=O) groups is 2. The number of aliphatic carboxylic acids is 1. The van der Waals surface area contributed by atoms with Crippen LogP contribution < -0.4 is 4.74 Å². The van der Waals surface area contributed by atoms with Crippen LogP contribution in [0.3, 0.4) is 0 Å². The molecule has 1 aromatic heterocycles. The molecule has 3 aromatic rings. The number of para-hydroxylation sites is 1. The van der Waals surface area contributed by atoms with Crippen LogP contribution >= 0.6 is 0 Å². The summed E-state index contributed by atoms with van der Waals surface area (Å²) in [5, 5.41) is 9.82. The number of hydrogen-bond acceptors (Lipinski definition) is 4. The largest absolute Gasteiger partial charge is 0.496 e. The smallest absolute Gasteiger partial charge is 0.326 e. The van der Waals surface area contributed by atoms with Crippen molar-refractivity contribution < 1.29 is 19.4 Å². The third kappa shape index (κ3) is 3.91. The number of methoxy groups -OCH3 is 1. The first kappa shape index (κ1) is 19.7. The monoisotopic (exact) mass is 405 g/mol. The Kier molecular flexibility index (Phi) is 5.52. The first-order chi connectivity index (χ1) is 14.6. The Bertz CT molecular complexity index is 1060. The number of fused-ring (bicyclic) bond motifs is 1. The molecule has 1 atom stereocenters. The van der Waals surface area contributed by atoms with Crippen LogP contribution in [0.15, 0.2) is 60.9 Å². The van der Waals surface area contributed by atoms with Crippen molar-refractivity contribution in [2.24, 2.45) is 0 Å². The van der Waals surface area contributed by atoms with E-state index in [4.69, 9.17) is 4.74 Å². The molecule has 1 N–H and O–H groups in total. The molecule has 30 heavy (non-hydrogen) atoms. The molecular formula is C23H23N3O4. The fourth-order valence-corrected chi connectivity index (χ4v) is 3.89. The Hall–Kier alpha value is -3.61. The number of hydrogen-bond donors (Lipinski definition) is 1. The Morgan fingerprint density at radius 1 is 1.13 bits per heavy atom. The standard InChI is InChI=1S/C23H23N3O4/c1-30-21-10-6-5-9-17(21)11-22(27)26-14-18-19(12-20(26)23(28)29)25(15-24-18)13-16-7-3-2-4-8-16/h2-10,15,20H,11-14H2,1H3,(H,28,29)/t20-/m0/s1. The molecule has 7 heteroatoms. The van der Waals surface area contributed by atoms with Crippen molar-refractivity contribution in [3.63, 3.8) is 0 Å². The van der Waals surface area contributed by atoms with E-state index >= 15 is 0 Å². The maximum atomic E-state index is 13.0. The van der Waals surface area contributed by atoms with Crippen molar-refractivity contribution >= 4 is 11.9 Å². The van der Waals surface area contributed by atoms with Gasteiger partial charge in [0.1, 0.15) is 11.8 Å². The lowest BCUT2D eigenvalue weighted by Crippen LogP contribution is -2.49. The number of carboxylic acids is 1. The van der Waals surface area contributed by atoms with E-state index in [1.807, 2.05) is 53.1 Å². The summed E-state index contributed by atoms with van der Waals surface area (Å²) in [5.41, 5.74) is 3.46. The molecule has 0 aliphatic carbocycles. The van der Waals surface area contributed by atoms with Gasteiger partial charge in [-0.3, -0.25) is 4.79 Å². The van der Waals surface area contributed by atoms with Crippen LogP contribution in [0.25, 0.3) is 0 Å². The topological polar surface area (TPSA) is 84.7 Å². The molecule has 0 bridgehead atoms. The van der Waals surface area contributed by atoms with Gasteiger partial charge in [-0.05, 0) is 11.6 Å². The third-order valence-electron chi connectivity index (χ3n) is 5.45. The summed E-state index contributed by atoms with van der Waals surface area (Å²) in [6.45, 7) is 0.798. The molecule has 2 aromatic carbocycles. The molecule has 2 heterocycles. The normalized spacial score (nSPS) is 15.5. The van der Waals surface area contributed by atoms with Gasteiger partial charge in [0.2, 0.25) is 5.91 Å². The van der Waals surface area contributed by atoms with E-state index in [0.717, 1.165) is 22.5 Å². The molecule has 0 saturated carbocycles. The van der Waals surface area contributed by atoms with Crippen LogP contribution in [0.2, 0.25) is 0 Å². The van der Waals surface area contributed by atoms with Gasteiger partial charge in [0.15, 0.2) is 0 Å². The number of nitrogens with zero attached hydrogens (tertiary/aromatic N) is 3. The first-order valence-electron chi connectivity index (χ1n) is 9.77. The second kappa shape index (κ2) is 8.41. The minimum atomic E-state index is -1.01. The molecule has 0 fully saturated rings. The fourth-order valence-electron chi connectivity index (χ4n) is 3.89. The summed E-state index contributed by atoms with van der Waals surface area (Å²) in [7, 11) is 1.55. The highest BCUT2D eigenvalue weighted by molar-refractivity contribution is 5.86. The van der Waals surface area contributed by atoms with Crippen molar-refractivity contribution in [2.75, 3.05) is 7.11 Å². The van der Waals surface area contributed by atoms with Gasteiger partial charge in [-0.1, -0.05) is 48.5 Å². The van der Waals surface area contributed by atoms with Gasteiger partial charge >= 0.3 is 5.97 Å². The predicted molar refractivity (Wildman–Crippen MR) is 110 cm³/mol. The van der Waals surface area contributed by atoms with E-state index < -0.39 is 12.0 Å². The maximum absolute atomic E-state index is 13.0. The zero-order chi connectivity index (χ0) is 21.1. The van der Waals surface area contributed by atoms with Crippen LogP contribution in [0.5, 0.6) is 5.75 Å². The zero-order valence-corrected chi connectivity index (χ0v) is 16.7. The van der Waals surface area contributed by atoms with Gasteiger partial charge in [-0.15, -0.1) is 0 Å². The summed E-state index contributed by atoms with van der Waals surface area (Å²) < 4.78 is 7.30. The molecular weight excluding hydrogens is 382 g/mol. The summed E-state index contributed by atoms with van der Waals surface area (Å²) in [4.78, 5) is 30.9. The fraction of sp³-hybridized carbons (Fsp3) is 0.261. The number of carboxylic acid groups (broad SMARTS) is 1. The average Bonchev–Trinajstić information content (AvgIpc) is 3.15. The van der Waals surface area contributed by atoms with Gasteiger partial charge in [0.05, 0.1) is 32.1 Å². The van der Waals surface area contributed by atoms with E-state index in [-0.39, 0.29) is 25.3 Å². The number of rotatable bonds is 6. The number of benzene rings is 2. The van der Waals surface area contributed by atoms with E-state index in [2.05, 4.69) is 4.98 Å². The van der Waals surface area contributed by atoms with E-state index in [1.54, 1.807) is 19.5 Å². The highest BCUT2D eigenvalue weighted by atomic mass is 16.5. The molecule has 0 unspecified atom stereocenters. The van der Waals surface area contributed by atoms with Gasteiger partial charge < -0.3 is 19.3 Å². The van der Waals surface area contributed by atoms with E-state index in [1.165, 1.54) is 4.90 Å². The van der Waals surface area contributed by atoms with Gasteiger partial charge in [0, 0.05) is 24.2 Å². The minimum absolute atomic E-state index is 0.0772.